The zero-order chi connectivity index (χ0) is 12.1. The maximum absolute atomic E-state index is 12.8. The normalized spacial score (nSPS) is 11.9. The molecule has 16 heavy (non-hydrogen) atoms. The van der Waals surface area contributed by atoms with E-state index in [1.165, 1.54) is 25.2 Å². The van der Waals surface area contributed by atoms with E-state index >= 15 is 0 Å². The molecular formula is C10H11FN2O3. The number of amides is 1. The average Bonchev–Trinajstić information content (AvgIpc) is 2.17. The number of rotatable bonds is 4. The smallest absolute Gasteiger partial charge is 0.330 e. The summed E-state index contributed by atoms with van der Waals surface area (Å²) in [5.41, 5.74) is 0.214. The molecule has 5 nitrogen and oxygen atoms in total. The van der Waals surface area contributed by atoms with Crippen molar-refractivity contribution in [1.82, 2.24) is 5.32 Å². The Morgan fingerprint density at radius 3 is 2.62 bits per heavy atom. The molecule has 1 aromatic carbocycles. The van der Waals surface area contributed by atoms with Crippen molar-refractivity contribution in [2.45, 2.75) is 6.04 Å². The van der Waals surface area contributed by atoms with Crippen LogP contribution < -0.4 is 10.6 Å². The molecule has 6 heteroatoms. The number of benzene rings is 1. The van der Waals surface area contributed by atoms with Gasteiger partial charge in [-0.05, 0) is 25.2 Å². The van der Waals surface area contributed by atoms with Crippen LogP contribution in [0.4, 0.5) is 10.1 Å². The molecule has 86 valence electrons. The summed E-state index contributed by atoms with van der Waals surface area (Å²) in [6.07, 6.45) is 0. The number of hydrogen-bond donors (Lipinski definition) is 3. The van der Waals surface area contributed by atoms with E-state index in [2.05, 4.69) is 10.6 Å². The van der Waals surface area contributed by atoms with E-state index in [9.17, 15) is 14.0 Å². The number of likely N-dealkylation sites (N-methyl/N-ethyl adjacent to an activating group) is 1. The molecule has 0 aliphatic carbocycles. The van der Waals surface area contributed by atoms with Crippen molar-refractivity contribution < 1.29 is 19.1 Å². The number of carbonyl (C=O) groups excluding carboxylic acids is 1. The van der Waals surface area contributed by atoms with Gasteiger partial charge in [0.2, 0.25) is 0 Å². The molecule has 3 N–H and O–H groups in total. The van der Waals surface area contributed by atoms with Crippen LogP contribution in [0.15, 0.2) is 24.3 Å². The van der Waals surface area contributed by atoms with Gasteiger partial charge in [0.15, 0.2) is 6.04 Å². The highest BCUT2D eigenvalue weighted by molar-refractivity contribution is 6.07. The van der Waals surface area contributed by atoms with E-state index in [4.69, 9.17) is 5.11 Å². The van der Waals surface area contributed by atoms with Crippen LogP contribution in [-0.2, 0) is 9.59 Å². The van der Waals surface area contributed by atoms with Crippen molar-refractivity contribution in [2.24, 2.45) is 0 Å². The lowest BCUT2D eigenvalue weighted by atomic mass is 10.2. The summed E-state index contributed by atoms with van der Waals surface area (Å²) in [5, 5.41) is 13.3. The number of carboxylic acids is 1. The third-order valence-corrected chi connectivity index (χ3v) is 1.89. The molecule has 0 spiro atoms. The molecule has 1 amide bonds. The predicted octanol–water partition coefficient (Wildman–Crippen LogP) is 0.437. The molecule has 1 rings (SSSR count). The SMILES string of the molecule is CNC(C(=O)O)C(=O)Nc1cccc(F)c1. The van der Waals surface area contributed by atoms with Gasteiger partial charge in [0.25, 0.3) is 5.91 Å². The highest BCUT2D eigenvalue weighted by Crippen LogP contribution is 2.09. The lowest BCUT2D eigenvalue weighted by Gasteiger charge is -2.11. The lowest BCUT2D eigenvalue weighted by molar-refractivity contribution is -0.142. The summed E-state index contributed by atoms with van der Waals surface area (Å²) in [6, 6.07) is 3.85. The van der Waals surface area contributed by atoms with E-state index in [1.807, 2.05) is 0 Å². The number of hydrogen-bond acceptors (Lipinski definition) is 3. The predicted molar refractivity (Wildman–Crippen MR) is 55.5 cm³/mol. The number of aliphatic carboxylic acids is 1. The summed E-state index contributed by atoms with van der Waals surface area (Å²) in [6.45, 7) is 0. The number of halogens is 1. The van der Waals surface area contributed by atoms with Gasteiger partial charge in [-0.25, -0.2) is 9.18 Å². The van der Waals surface area contributed by atoms with Crippen LogP contribution in [0, 0.1) is 5.82 Å². The van der Waals surface area contributed by atoms with E-state index < -0.39 is 23.7 Å². The minimum Gasteiger partial charge on any atom is -0.480 e. The highest BCUT2D eigenvalue weighted by Gasteiger charge is 2.23. The quantitative estimate of drug-likeness (QED) is 0.651. The largest absolute Gasteiger partial charge is 0.480 e. The van der Waals surface area contributed by atoms with Gasteiger partial charge in [0, 0.05) is 5.69 Å². The van der Waals surface area contributed by atoms with Crippen LogP contribution in [0.1, 0.15) is 0 Å². The summed E-state index contributed by atoms with van der Waals surface area (Å²) < 4.78 is 12.8. The topological polar surface area (TPSA) is 78.4 Å². The molecule has 0 radical (unpaired) electrons. The van der Waals surface area contributed by atoms with Crippen molar-refractivity contribution in [3.05, 3.63) is 30.1 Å². The molecule has 0 aliphatic heterocycles. The zero-order valence-electron chi connectivity index (χ0n) is 8.53. The molecule has 1 atom stereocenters. The maximum atomic E-state index is 12.8. The second-order valence-electron chi connectivity index (χ2n) is 3.06. The third kappa shape index (κ3) is 3.03. The Kier molecular flexibility index (Phi) is 3.96. The summed E-state index contributed by atoms with van der Waals surface area (Å²) >= 11 is 0. The number of anilines is 1. The minimum absolute atomic E-state index is 0.214. The van der Waals surface area contributed by atoms with Gasteiger partial charge in [-0.3, -0.25) is 10.1 Å². The van der Waals surface area contributed by atoms with Crippen molar-refractivity contribution in [3.63, 3.8) is 0 Å². The van der Waals surface area contributed by atoms with Crippen molar-refractivity contribution in [1.29, 1.82) is 0 Å². The van der Waals surface area contributed by atoms with Gasteiger partial charge >= 0.3 is 5.97 Å². The first-order valence-corrected chi connectivity index (χ1v) is 4.51. The van der Waals surface area contributed by atoms with Gasteiger partial charge in [0.05, 0.1) is 0 Å². The number of carbonyl (C=O) groups is 2. The van der Waals surface area contributed by atoms with Crippen LogP contribution in [0.25, 0.3) is 0 Å². The Hall–Kier alpha value is -1.95. The molecule has 0 aliphatic rings. The zero-order valence-corrected chi connectivity index (χ0v) is 8.53. The fourth-order valence-electron chi connectivity index (χ4n) is 1.15. The third-order valence-electron chi connectivity index (χ3n) is 1.89. The first-order chi connectivity index (χ1) is 7.54. The fraction of sp³-hybridized carbons (Fsp3) is 0.200. The standard InChI is InChI=1S/C10H11FN2O3/c1-12-8(10(15)16)9(14)13-7-4-2-3-6(11)5-7/h2-5,8,12H,1H3,(H,13,14)(H,15,16). The second-order valence-corrected chi connectivity index (χ2v) is 3.06. The van der Waals surface area contributed by atoms with Gasteiger partial charge in [-0.2, -0.15) is 0 Å². The monoisotopic (exact) mass is 226 g/mol. The van der Waals surface area contributed by atoms with E-state index in [0.29, 0.717) is 0 Å². The van der Waals surface area contributed by atoms with E-state index in [0.717, 1.165) is 6.07 Å². The fourth-order valence-corrected chi connectivity index (χ4v) is 1.15. The van der Waals surface area contributed by atoms with Gasteiger partial charge in [-0.1, -0.05) is 6.07 Å². The van der Waals surface area contributed by atoms with E-state index in [-0.39, 0.29) is 5.69 Å². The maximum Gasteiger partial charge on any atom is 0.330 e. The molecule has 0 bridgehead atoms. The molecule has 0 saturated heterocycles. The first kappa shape index (κ1) is 12.1. The molecule has 0 fully saturated rings. The van der Waals surface area contributed by atoms with Crippen LogP contribution in [0.2, 0.25) is 0 Å². The molecule has 1 aromatic rings. The molecular weight excluding hydrogens is 215 g/mol. The Bertz CT molecular complexity index is 409. The minimum atomic E-state index is -1.36. The number of carboxylic acid groups (broad SMARTS) is 1. The van der Waals surface area contributed by atoms with Crippen molar-refractivity contribution in [2.75, 3.05) is 12.4 Å². The molecule has 0 heterocycles. The first-order valence-electron chi connectivity index (χ1n) is 4.51. The van der Waals surface area contributed by atoms with Crippen molar-refractivity contribution in [3.8, 4) is 0 Å². The molecule has 0 aromatic heterocycles. The molecule has 0 saturated carbocycles. The summed E-state index contributed by atoms with van der Waals surface area (Å²) in [7, 11) is 1.35. The summed E-state index contributed by atoms with van der Waals surface area (Å²) in [5.74, 6) is -2.55. The second kappa shape index (κ2) is 5.22. The lowest BCUT2D eigenvalue weighted by Crippen LogP contribution is -2.44. The Morgan fingerprint density at radius 1 is 1.44 bits per heavy atom. The van der Waals surface area contributed by atoms with Gasteiger partial charge in [-0.15, -0.1) is 0 Å². The van der Waals surface area contributed by atoms with Gasteiger partial charge < -0.3 is 10.4 Å². The Balaban J connectivity index is 2.74. The average molecular weight is 226 g/mol. The highest BCUT2D eigenvalue weighted by atomic mass is 19.1. The number of nitrogens with one attached hydrogen (secondary N) is 2. The Morgan fingerprint density at radius 2 is 2.12 bits per heavy atom. The van der Waals surface area contributed by atoms with Crippen molar-refractivity contribution >= 4 is 17.6 Å². The van der Waals surface area contributed by atoms with E-state index in [1.54, 1.807) is 0 Å². The van der Waals surface area contributed by atoms with Gasteiger partial charge in [0.1, 0.15) is 5.82 Å². The van der Waals surface area contributed by atoms with Crippen LogP contribution in [-0.4, -0.2) is 30.1 Å². The summed E-state index contributed by atoms with van der Waals surface area (Å²) in [4.78, 5) is 22.1. The molecule has 1 unspecified atom stereocenters. The van der Waals surface area contributed by atoms with Crippen LogP contribution in [0.5, 0.6) is 0 Å². The van der Waals surface area contributed by atoms with Crippen LogP contribution in [0.3, 0.4) is 0 Å². The Labute approximate surface area is 91.3 Å². The van der Waals surface area contributed by atoms with Crippen LogP contribution >= 0.6 is 0 Å².